The summed E-state index contributed by atoms with van der Waals surface area (Å²) in [4.78, 5) is 69.3. The zero-order valence-corrected chi connectivity index (χ0v) is 88.0. The highest BCUT2D eigenvalue weighted by molar-refractivity contribution is 7.90. The Morgan fingerprint density at radius 3 is 1.32 bits per heavy atom. The van der Waals surface area contributed by atoms with Gasteiger partial charge in [0.05, 0.1) is 89.8 Å². The van der Waals surface area contributed by atoms with Crippen LogP contribution in [0.25, 0.3) is 75.1 Å². The second-order valence-electron chi connectivity index (χ2n) is 38.8. The van der Waals surface area contributed by atoms with Gasteiger partial charge in [-0.1, -0.05) is 19.1 Å². The molecular weight excluding hydrogens is 2030 g/mol. The maximum Gasteiger partial charge on any atom is 0.222 e. The summed E-state index contributed by atoms with van der Waals surface area (Å²) in [7, 11) is -19.3. The standard InChI is InChI=1S/C18H26N4O2S.C17H20FN5O2S.C16H17F2N5O2S.C16H20F2N4O2S.C16H20FN3O2S.C14H17FN4O2S/c1-14(2)22(25(3,23)24)12-15-7-6-10-21(11-15)18-16-8-4-5-9-17(16)19-13-20-18;1-17(9-22-26(3,24)25)5-4-6-23(10-17)16-12-7-15(19-2)13(18)8-14(12)20-11-21-16;1-19-14-6-11-13(7-12(14)17)20-10-21-15(11)23-5-3-4-16(18,9-23)8-22-26(2,24)25;1-10(21-25(2,23)24)11-4-3-5-22(8-11)16-12-6-13(17)14(18)7-15(12)19-9-20-16;1-23(21,22)9-6-12-4-7-20(8-5-12)16-14-10-13(17)2-3-15(14)18-11-19-16;1-22(20,21)18-7-10-4-5-19(8-10)14-12-6-11(15)2-3-13(12)16-9-17-14/h4-5,8-9,13-15H,6-7,10-12H2,1-3H3;7-8,11,22H,4-6,9-10H2,1,3H3;6-7,10,22H,3-5,8-9H2,2H3;6-7,9-11,21H,3-5,8H2,1-2H3;2-3,10-12H,4-9H2,1H3;2-3,6,9-10,18H,4-5,7-8H2,1H3. The Labute approximate surface area is 852 Å². The molecule has 0 amide bonds. The molecule has 0 saturated carbocycles. The Kier molecular flexibility index (Phi) is 36.8. The largest absolute Gasteiger partial charge is 0.356 e. The number of aromatic nitrogens is 12. The monoisotopic (exact) mass is 2150 g/mol. The number of nitrogens with zero attached hydrogens (tertiary/aromatic N) is 21. The number of sulfone groups is 1. The van der Waals surface area contributed by atoms with Crippen molar-refractivity contribution in [3.8, 4) is 0 Å². The summed E-state index contributed by atoms with van der Waals surface area (Å²) in [5.74, 6) is 1.51. The molecule has 6 aliphatic rings. The van der Waals surface area contributed by atoms with Crippen molar-refractivity contribution in [3.63, 3.8) is 0 Å². The van der Waals surface area contributed by atoms with Crippen molar-refractivity contribution in [2.75, 3.05) is 177 Å². The third-order valence-corrected chi connectivity index (χ3v) is 31.6. The first-order valence-electron chi connectivity index (χ1n) is 47.7. The van der Waals surface area contributed by atoms with Crippen LogP contribution in [0.5, 0.6) is 0 Å². The number of hydrogen-bond acceptors (Lipinski definition) is 30. The van der Waals surface area contributed by atoms with Gasteiger partial charge in [0, 0.05) is 155 Å². The van der Waals surface area contributed by atoms with Crippen molar-refractivity contribution >= 4 is 172 Å². The van der Waals surface area contributed by atoms with Gasteiger partial charge >= 0.3 is 0 Å². The number of para-hydroxylation sites is 1. The van der Waals surface area contributed by atoms with Crippen molar-refractivity contribution in [1.82, 2.24) is 83.0 Å². The predicted molar refractivity (Wildman–Crippen MR) is 556 cm³/mol. The van der Waals surface area contributed by atoms with Crippen LogP contribution in [-0.2, 0) is 60.0 Å². The molecule has 4 N–H and O–H groups in total. The molecule has 12 heterocycles. The lowest BCUT2D eigenvalue weighted by Gasteiger charge is -2.41. The van der Waals surface area contributed by atoms with E-state index < -0.39 is 88.9 Å². The van der Waals surface area contributed by atoms with Crippen LogP contribution in [0.4, 0.5) is 77.0 Å². The third-order valence-electron chi connectivity index (χ3n) is 26.4. The number of nitrogens with one attached hydrogen (secondary N) is 4. The fourth-order valence-corrected chi connectivity index (χ4v) is 23.7. The van der Waals surface area contributed by atoms with Crippen LogP contribution < -0.4 is 48.3 Å². The first kappa shape index (κ1) is 112. The SMILES string of the molecule is CC(C)N(CC1CCCN(c2ncnc3ccccc23)C1)S(C)(=O)=O.CC(NS(C)(=O)=O)C1CCCN(c2ncnc3cc(F)c(F)cc23)C1.CS(=O)(=O)CCC1CCN(c2ncnc3ccc(F)cc23)CC1.CS(=O)(=O)NCC1CCN(c2ncnc3ccc(F)cc23)C1.[C-]#[N+]c1cc2c(N3CCCC(C)(CNS(C)(=O)=O)C3)ncnc2cc1F.[C-]#[N+]c1cc2c(N3CCCC(F)(CNS(C)(=O)=O)C3)ncnc2cc1F. The smallest absolute Gasteiger partial charge is 0.222 e. The van der Waals surface area contributed by atoms with E-state index in [0.29, 0.717) is 144 Å². The first-order chi connectivity index (χ1) is 69.4. The van der Waals surface area contributed by atoms with Gasteiger partial charge in [-0.05, 0) is 206 Å². The molecule has 6 aromatic carbocycles. The summed E-state index contributed by atoms with van der Waals surface area (Å²) in [6.07, 6.45) is 25.3. The topological polar surface area (TPSA) is 439 Å². The van der Waals surface area contributed by atoms with E-state index in [0.717, 1.165) is 174 Å². The first-order valence-corrected chi connectivity index (χ1v) is 59.2. The summed E-state index contributed by atoms with van der Waals surface area (Å²) >= 11 is 0. The zero-order chi connectivity index (χ0) is 106. The van der Waals surface area contributed by atoms with E-state index in [1.54, 1.807) is 27.7 Å². The van der Waals surface area contributed by atoms with Gasteiger partial charge in [-0.25, -0.2) is 170 Å². The van der Waals surface area contributed by atoms with Crippen LogP contribution in [-0.4, -0.2) is 280 Å². The second-order valence-corrected chi connectivity index (χ2v) is 50.3. The van der Waals surface area contributed by atoms with Gasteiger partial charge in [0.2, 0.25) is 61.5 Å². The molecule has 0 spiro atoms. The number of piperidine rings is 5. The number of benzene rings is 6. The van der Waals surface area contributed by atoms with Crippen molar-refractivity contribution < 1.29 is 81.2 Å². The number of anilines is 6. The van der Waals surface area contributed by atoms with E-state index in [4.69, 9.17) is 13.1 Å². The van der Waals surface area contributed by atoms with E-state index in [1.165, 1.54) is 86.6 Å². The van der Waals surface area contributed by atoms with Crippen LogP contribution in [0.1, 0.15) is 105 Å². The lowest BCUT2D eigenvalue weighted by Crippen LogP contribution is -2.51. The number of halogens is 7. The molecule has 0 bridgehead atoms. The molecule has 18 rings (SSSR count). The Balaban J connectivity index is 0.000000148. The molecule has 0 aliphatic carbocycles. The molecule has 6 aliphatic heterocycles. The minimum Gasteiger partial charge on any atom is -0.356 e. The van der Waals surface area contributed by atoms with Crippen LogP contribution in [0.15, 0.2) is 135 Å². The van der Waals surface area contributed by atoms with E-state index in [1.807, 2.05) is 56.9 Å². The molecule has 50 heteroatoms. The molecule has 6 fully saturated rings. The summed E-state index contributed by atoms with van der Waals surface area (Å²) in [6.45, 7) is 30.8. The Morgan fingerprint density at radius 1 is 0.408 bits per heavy atom. The van der Waals surface area contributed by atoms with Gasteiger partial charge < -0.3 is 29.4 Å². The van der Waals surface area contributed by atoms with Crippen molar-refractivity contribution in [2.24, 2.45) is 29.1 Å². The summed E-state index contributed by atoms with van der Waals surface area (Å²) < 4.78 is 246. The fraction of sp³-hybridized carbons (Fsp3) is 0.485. The van der Waals surface area contributed by atoms with Gasteiger partial charge in [0.15, 0.2) is 11.6 Å². The van der Waals surface area contributed by atoms with Gasteiger partial charge in [0.25, 0.3) is 0 Å². The van der Waals surface area contributed by atoms with Crippen LogP contribution >= 0.6 is 0 Å². The van der Waals surface area contributed by atoms with E-state index in [9.17, 15) is 76.8 Å². The van der Waals surface area contributed by atoms with E-state index >= 15 is 4.39 Å². The number of fused-ring (bicyclic) bond motifs is 6. The average molecular weight is 2150 g/mol. The number of sulfonamides is 5. The molecule has 6 aromatic heterocycles. The van der Waals surface area contributed by atoms with Crippen molar-refractivity contribution in [1.29, 1.82) is 0 Å². The number of rotatable bonds is 25. The quantitative estimate of drug-likeness (QED) is 0.0305. The van der Waals surface area contributed by atoms with Crippen LogP contribution in [0, 0.1) is 77.1 Å². The molecule has 12 aromatic rings. The van der Waals surface area contributed by atoms with Crippen LogP contribution in [0.3, 0.4) is 0 Å². The third kappa shape index (κ3) is 31.4. The Bertz CT molecular complexity index is 7430. The predicted octanol–water partition coefficient (Wildman–Crippen LogP) is 12.8. The molecule has 0 radical (unpaired) electrons. The molecule has 37 nitrogen and oxygen atoms in total. The minimum absolute atomic E-state index is 0.0229. The maximum absolute atomic E-state index is 15.1. The second kappa shape index (κ2) is 48.2. The number of hydrogen-bond donors (Lipinski definition) is 4. The normalized spacial score (nSPS) is 19.5. The molecule has 6 saturated heterocycles. The lowest BCUT2D eigenvalue weighted by molar-refractivity contribution is 0.141. The highest BCUT2D eigenvalue weighted by Gasteiger charge is 2.40. The van der Waals surface area contributed by atoms with Crippen molar-refractivity contribution in [3.05, 3.63) is 193 Å². The molecule has 6 unspecified atom stereocenters. The molecular formula is C97H120F7N25O12S6. The minimum atomic E-state index is -3.50. The van der Waals surface area contributed by atoms with E-state index in [-0.39, 0.29) is 77.6 Å². The fourth-order valence-electron chi connectivity index (χ4n) is 19.2. The van der Waals surface area contributed by atoms with E-state index in [2.05, 4.69) is 108 Å². The molecule has 147 heavy (non-hydrogen) atoms. The number of alkyl halides is 1. The summed E-state index contributed by atoms with van der Waals surface area (Å²) in [5, 5.41) is 3.99. The zero-order valence-electron chi connectivity index (χ0n) is 83.1. The Morgan fingerprint density at radius 2 is 0.816 bits per heavy atom. The lowest BCUT2D eigenvalue weighted by atomic mass is 9.82. The van der Waals surface area contributed by atoms with Gasteiger partial charge in [-0.3, -0.25) is 0 Å². The average Bonchev–Trinajstić information content (AvgIpc) is 1.51. The molecule has 6 atom stereocenters. The van der Waals surface area contributed by atoms with Gasteiger partial charge in [-0.15, -0.1) is 0 Å². The highest BCUT2D eigenvalue weighted by atomic mass is 32.2. The maximum atomic E-state index is 15.1. The molecule has 790 valence electrons. The van der Waals surface area contributed by atoms with Gasteiger partial charge in [-0.2, -0.15) is 4.31 Å². The van der Waals surface area contributed by atoms with Crippen molar-refractivity contribution in [2.45, 2.75) is 122 Å². The highest BCUT2D eigenvalue weighted by Crippen LogP contribution is 2.40. The summed E-state index contributed by atoms with van der Waals surface area (Å²) in [5.41, 5.74) is 1.26. The Hall–Kier alpha value is -11.9. The van der Waals surface area contributed by atoms with Crippen LogP contribution in [0.2, 0.25) is 0 Å². The summed E-state index contributed by atoms with van der Waals surface area (Å²) in [6, 6.07) is 24.2. The van der Waals surface area contributed by atoms with Gasteiger partial charge in [0.1, 0.15) is 112 Å².